The van der Waals surface area contributed by atoms with E-state index in [1.165, 1.54) is 6.92 Å². The van der Waals surface area contributed by atoms with E-state index in [1.807, 2.05) is 19.9 Å². The van der Waals surface area contributed by atoms with E-state index in [0.717, 1.165) is 37.7 Å². The van der Waals surface area contributed by atoms with Crippen molar-refractivity contribution in [3.63, 3.8) is 0 Å². The maximum absolute atomic E-state index is 14.5. The highest BCUT2D eigenvalue weighted by atomic mass is 16.5. The third kappa shape index (κ3) is 3.38. The Morgan fingerprint density at radius 1 is 1.03 bits per heavy atom. The van der Waals surface area contributed by atoms with Gasteiger partial charge in [-0.1, -0.05) is 60.1 Å². The quantitative estimate of drug-likeness (QED) is 0.334. The molecule has 3 fully saturated rings. The Bertz CT molecular complexity index is 1270. The van der Waals surface area contributed by atoms with Crippen LogP contribution in [0.1, 0.15) is 100 Å². The number of carbonyl (C=O) groups is 3. The fourth-order valence-electron chi connectivity index (χ4n) is 10.2. The summed E-state index contributed by atoms with van der Waals surface area (Å²) >= 11 is 0. The van der Waals surface area contributed by atoms with Crippen LogP contribution in [-0.4, -0.2) is 34.9 Å². The average molecular weight is 536 g/mol. The van der Waals surface area contributed by atoms with Crippen LogP contribution in [0.2, 0.25) is 0 Å². The van der Waals surface area contributed by atoms with Crippen molar-refractivity contribution in [3.8, 4) is 0 Å². The molecule has 0 aromatic rings. The molecule has 0 unspecified atom stereocenters. The summed E-state index contributed by atoms with van der Waals surface area (Å²) in [7, 11) is 0. The topological polar surface area (TPSA) is 85.0 Å². The van der Waals surface area contributed by atoms with Gasteiger partial charge in [0.25, 0.3) is 0 Å². The summed E-state index contributed by atoms with van der Waals surface area (Å²) in [5.41, 5.74) is -3.57. The maximum Gasteiger partial charge on any atom is 0.302 e. The molecule has 7 atom stereocenters. The molecule has 0 spiro atoms. The molecule has 5 aliphatic rings. The molecule has 0 aromatic heterocycles. The summed E-state index contributed by atoms with van der Waals surface area (Å²) in [5, 5.41) is 13.0. The largest absolute Gasteiger partial charge is 0.465 e. The van der Waals surface area contributed by atoms with Crippen molar-refractivity contribution in [2.24, 2.45) is 44.3 Å². The Hall–Kier alpha value is -2.26. The highest BCUT2D eigenvalue weighted by Gasteiger charge is 2.75. The van der Waals surface area contributed by atoms with E-state index >= 15 is 0 Å². The van der Waals surface area contributed by atoms with Crippen molar-refractivity contribution in [3.05, 3.63) is 34.8 Å². The standard InChI is InChI=1S/C33H45NO5/c1-20(35)39-19-32-14-12-27(2,3)18-24(32)33(38)25(36)16-23-29(6)17-21(34-9)26(37)28(4,5)22(29)10-11-30(23,7)31(33,8)13-15-32/h16-17,22,24,38H,10-15,18-19H2,1-8H3/t22-,24+,29-,30+,31-,32+,33+/m0/s1. The zero-order valence-electron chi connectivity index (χ0n) is 25.0. The predicted molar refractivity (Wildman–Crippen MR) is 148 cm³/mol. The highest BCUT2D eigenvalue weighted by molar-refractivity contribution is 6.04. The predicted octanol–water partition coefficient (Wildman–Crippen LogP) is 6.24. The van der Waals surface area contributed by atoms with Gasteiger partial charge in [0.2, 0.25) is 5.70 Å². The SMILES string of the molecule is [C-]#[N+]C1=C[C@]2(C)C3=CC(=O)[C@]4(O)[C@@H]5CC(C)(C)CC[C@]5(COC(C)=O)CC[C@@]4(C)[C@]3(C)CC[C@H]2C(C)(C)C1=O. The summed E-state index contributed by atoms with van der Waals surface area (Å²) in [4.78, 5) is 43.3. The number of hydrogen-bond donors (Lipinski definition) is 1. The van der Waals surface area contributed by atoms with Crippen molar-refractivity contribution < 1.29 is 24.2 Å². The lowest BCUT2D eigenvalue weighted by molar-refractivity contribution is -0.252. The van der Waals surface area contributed by atoms with E-state index in [9.17, 15) is 19.5 Å². The Morgan fingerprint density at radius 3 is 2.28 bits per heavy atom. The fraction of sp³-hybridized carbons (Fsp3) is 0.758. The van der Waals surface area contributed by atoms with Crippen LogP contribution in [0.15, 0.2) is 23.4 Å². The second-order valence-electron chi connectivity index (χ2n) is 15.5. The van der Waals surface area contributed by atoms with E-state index in [-0.39, 0.29) is 47.1 Å². The van der Waals surface area contributed by atoms with Gasteiger partial charge in [-0.2, -0.15) is 0 Å². The molecule has 0 saturated heterocycles. The van der Waals surface area contributed by atoms with Gasteiger partial charge in [-0.05, 0) is 67.8 Å². The van der Waals surface area contributed by atoms with Crippen LogP contribution in [0, 0.1) is 50.9 Å². The first kappa shape index (κ1) is 28.3. The van der Waals surface area contributed by atoms with Crippen molar-refractivity contribution in [1.29, 1.82) is 0 Å². The zero-order valence-corrected chi connectivity index (χ0v) is 25.0. The van der Waals surface area contributed by atoms with Crippen molar-refractivity contribution in [1.82, 2.24) is 0 Å². The van der Waals surface area contributed by atoms with Crippen LogP contribution < -0.4 is 0 Å². The zero-order chi connectivity index (χ0) is 29.0. The summed E-state index contributed by atoms with van der Waals surface area (Å²) in [6.45, 7) is 24.1. The molecule has 3 saturated carbocycles. The molecule has 6 nitrogen and oxygen atoms in total. The number of allylic oxidation sites excluding steroid dienone is 3. The van der Waals surface area contributed by atoms with Gasteiger partial charge >= 0.3 is 5.97 Å². The highest BCUT2D eigenvalue weighted by Crippen LogP contribution is 2.75. The number of esters is 1. The summed E-state index contributed by atoms with van der Waals surface area (Å²) in [6, 6.07) is 0. The van der Waals surface area contributed by atoms with Gasteiger partial charge in [0.15, 0.2) is 11.6 Å². The van der Waals surface area contributed by atoms with Crippen LogP contribution >= 0.6 is 0 Å². The lowest BCUT2D eigenvalue weighted by Gasteiger charge is -2.71. The van der Waals surface area contributed by atoms with Crippen molar-refractivity contribution in [2.45, 2.75) is 106 Å². The molecular formula is C33H45NO5. The number of rotatable bonds is 2. The third-order valence-corrected chi connectivity index (χ3v) is 12.8. The Labute approximate surface area is 233 Å². The molecule has 5 rings (SSSR count). The maximum atomic E-state index is 14.5. The number of aliphatic hydroxyl groups is 1. The monoisotopic (exact) mass is 535 g/mol. The van der Waals surface area contributed by atoms with Crippen LogP contribution in [0.5, 0.6) is 0 Å². The van der Waals surface area contributed by atoms with Gasteiger partial charge in [0.1, 0.15) is 5.60 Å². The molecule has 212 valence electrons. The summed E-state index contributed by atoms with van der Waals surface area (Å²) in [5.74, 6) is -1.09. The molecule has 39 heavy (non-hydrogen) atoms. The van der Waals surface area contributed by atoms with E-state index < -0.39 is 32.7 Å². The average Bonchev–Trinajstić information content (AvgIpc) is 2.84. The number of ether oxygens (including phenoxy) is 1. The molecule has 0 heterocycles. The summed E-state index contributed by atoms with van der Waals surface area (Å²) in [6.07, 6.45) is 8.96. The van der Waals surface area contributed by atoms with Crippen LogP contribution in [0.25, 0.3) is 4.85 Å². The molecule has 0 aromatic carbocycles. The minimum Gasteiger partial charge on any atom is -0.465 e. The first-order valence-corrected chi connectivity index (χ1v) is 14.6. The summed E-state index contributed by atoms with van der Waals surface area (Å²) < 4.78 is 5.63. The first-order chi connectivity index (χ1) is 17.8. The molecule has 6 heteroatoms. The number of hydrogen-bond acceptors (Lipinski definition) is 5. The number of nitrogens with zero attached hydrogens (tertiary/aromatic N) is 1. The van der Waals surface area contributed by atoms with Gasteiger partial charge in [-0.15, -0.1) is 0 Å². The number of ketones is 2. The van der Waals surface area contributed by atoms with Crippen LogP contribution in [-0.2, 0) is 19.1 Å². The number of carbonyl (C=O) groups excluding carboxylic acids is 3. The molecule has 5 aliphatic carbocycles. The third-order valence-electron chi connectivity index (χ3n) is 12.8. The van der Waals surface area contributed by atoms with E-state index in [2.05, 4.69) is 39.5 Å². The molecule has 0 bridgehead atoms. The minimum absolute atomic E-state index is 0.0369. The van der Waals surface area contributed by atoms with Crippen LogP contribution in [0.4, 0.5) is 0 Å². The fourth-order valence-corrected chi connectivity index (χ4v) is 10.2. The van der Waals surface area contributed by atoms with Crippen molar-refractivity contribution >= 4 is 17.5 Å². The van der Waals surface area contributed by atoms with Gasteiger partial charge in [-0.3, -0.25) is 9.59 Å². The second-order valence-corrected chi connectivity index (χ2v) is 15.5. The second kappa shape index (κ2) is 8.15. The molecule has 0 aliphatic heterocycles. The Kier molecular flexibility index (Phi) is 5.91. The van der Waals surface area contributed by atoms with Gasteiger partial charge in [-0.25, -0.2) is 4.85 Å². The van der Waals surface area contributed by atoms with E-state index in [1.54, 1.807) is 6.08 Å². The smallest absolute Gasteiger partial charge is 0.302 e. The Morgan fingerprint density at radius 2 is 1.67 bits per heavy atom. The first-order valence-electron chi connectivity index (χ1n) is 14.6. The lowest BCUT2D eigenvalue weighted by Crippen LogP contribution is -2.74. The Balaban J connectivity index is 1.71. The van der Waals surface area contributed by atoms with Gasteiger partial charge < -0.3 is 14.6 Å². The van der Waals surface area contributed by atoms with Crippen LogP contribution in [0.3, 0.4) is 0 Å². The molecule has 0 amide bonds. The van der Waals surface area contributed by atoms with E-state index in [4.69, 9.17) is 11.3 Å². The minimum atomic E-state index is -1.60. The lowest BCUT2D eigenvalue weighted by atomic mass is 9.33. The van der Waals surface area contributed by atoms with Crippen molar-refractivity contribution in [2.75, 3.05) is 6.61 Å². The van der Waals surface area contributed by atoms with Gasteiger partial charge in [0, 0.05) is 34.5 Å². The number of Topliss-reactive ketones (excluding diaryl/α,β-unsaturated/α-hetero) is 1. The normalized spacial score (nSPS) is 45.8. The van der Waals surface area contributed by atoms with E-state index in [0.29, 0.717) is 12.8 Å². The molecular weight excluding hydrogens is 490 g/mol. The van der Waals surface area contributed by atoms with Gasteiger partial charge in [0.05, 0.1) is 13.2 Å². The molecule has 1 N–H and O–H groups in total. The number of fused-ring (bicyclic) bond motifs is 7. The molecule has 0 radical (unpaired) electrons.